The van der Waals surface area contributed by atoms with Crippen LogP contribution in [0.3, 0.4) is 0 Å². The lowest BCUT2D eigenvalue weighted by atomic mass is 9.89. The van der Waals surface area contributed by atoms with E-state index < -0.39 is 17.8 Å². The van der Waals surface area contributed by atoms with Gasteiger partial charge in [0.25, 0.3) is 12.3 Å². The maximum atomic E-state index is 12.8. The first-order valence-electron chi connectivity index (χ1n) is 27.8. The molecule has 2 aromatic heterocycles. The number of fused-ring (bicyclic) bond motifs is 16. The topological polar surface area (TPSA) is 129 Å². The number of carbonyl (C=O) groups is 3. The first kappa shape index (κ1) is 45.2. The van der Waals surface area contributed by atoms with Gasteiger partial charge in [-0.25, -0.2) is 14.2 Å². The van der Waals surface area contributed by atoms with Crippen molar-refractivity contribution in [3.05, 3.63) is 285 Å². The summed E-state index contributed by atoms with van der Waals surface area (Å²) in [6, 6.07) is 74.7. The third-order valence-corrected chi connectivity index (χ3v) is 18.3. The van der Waals surface area contributed by atoms with Gasteiger partial charge in [0.15, 0.2) is 5.71 Å². The molecule has 19 rings (SSSR count). The van der Waals surface area contributed by atoms with E-state index in [0.717, 1.165) is 165 Å². The Balaban J connectivity index is 1.15. The second-order valence-corrected chi connectivity index (χ2v) is 22.4. The van der Waals surface area contributed by atoms with Crippen LogP contribution in [0.1, 0.15) is 65.4 Å². The Hall–Kier alpha value is -11.6. The zero-order valence-electron chi connectivity index (χ0n) is 44.1. The van der Waals surface area contributed by atoms with Gasteiger partial charge in [-0.05, 0) is 150 Å². The lowest BCUT2D eigenvalue weighted by molar-refractivity contribution is -0.797. The van der Waals surface area contributed by atoms with Crippen LogP contribution < -0.4 is 15.4 Å². The molecule has 0 radical (unpaired) electrons. The van der Waals surface area contributed by atoms with E-state index in [4.69, 9.17) is 9.73 Å². The molecule has 0 saturated heterocycles. The van der Waals surface area contributed by atoms with Crippen molar-refractivity contribution in [3.8, 4) is 5.75 Å². The number of rotatable bonds is 7. The van der Waals surface area contributed by atoms with Crippen molar-refractivity contribution in [1.29, 1.82) is 0 Å². The minimum absolute atomic E-state index is 0.168. The molecule has 13 aromatic rings. The highest BCUT2D eigenvalue weighted by Gasteiger charge is 2.74. The van der Waals surface area contributed by atoms with Gasteiger partial charge in [-0.1, -0.05) is 133 Å². The van der Waals surface area contributed by atoms with Crippen LogP contribution in [-0.2, 0) is 10.7 Å². The van der Waals surface area contributed by atoms with E-state index in [2.05, 4.69) is 164 Å². The highest BCUT2D eigenvalue weighted by atomic mass is 16.5. The molecular weight excluding hydrogens is 1040 g/mol. The molecule has 0 saturated carbocycles. The summed E-state index contributed by atoms with van der Waals surface area (Å²) in [5.74, 6) is -1.52. The average molecular weight is 1080 g/mol. The molecule has 0 aliphatic carbocycles. The molecule has 390 valence electrons. The average Bonchev–Trinajstić information content (AvgIpc) is 1.42. The van der Waals surface area contributed by atoms with E-state index in [1.165, 1.54) is 0 Å². The number of carbonyl (C=O) groups excluding carboxylic acids is 1. The number of hydrogen-bond donors (Lipinski definition) is 2. The number of nitrogens with zero attached hydrogens (tertiary/aromatic N) is 5. The highest BCUT2D eigenvalue weighted by Crippen LogP contribution is 2.59. The number of carboxylic acid groups (broad SMARTS) is 2. The molecule has 1 spiro atoms. The lowest BCUT2D eigenvalue weighted by Crippen LogP contribution is -2.71. The Bertz CT molecular complexity index is 5700. The SMILES string of the molecule is O=COc1ccc(C2=c3c4cc5ccccc5cc4c4n3C35n6c(c7cc8ccccc8cc7c6C(c6ccc(C(=O)O)cc6)=C6c7cc8ccccc8cc7C(=[N+]63)C=4c3ccc(C(=O)O)cc3)N=C3c4cc6ccccc6cc4C2=[N+]35)cc1. The van der Waals surface area contributed by atoms with Crippen molar-refractivity contribution >= 4 is 129 Å². The number of aromatic carboxylic acids is 2. The van der Waals surface area contributed by atoms with Crippen LogP contribution in [0.4, 0.5) is 5.82 Å². The van der Waals surface area contributed by atoms with Gasteiger partial charge < -0.3 is 14.9 Å². The molecule has 11 aromatic carbocycles. The summed E-state index contributed by atoms with van der Waals surface area (Å²) in [4.78, 5) is 43.5. The van der Waals surface area contributed by atoms with Crippen molar-refractivity contribution in [2.24, 2.45) is 4.99 Å². The predicted octanol–water partition coefficient (Wildman–Crippen LogP) is 12.3. The van der Waals surface area contributed by atoms with Crippen LogP contribution >= 0.6 is 0 Å². The molecule has 1 atom stereocenters. The van der Waals surface area contributed by atoms with Crippen LogP contribution in [0.15, 0.2) is 223 Å². The predicted molar refractivity (Wildman–Crippen MR) is 325 cm³/mol. The van der Waals surface area contributed by atoms with Gasteiger partial charge >= 0.3 is 23.7 Å². The number of hydrogen-bond acceptors (Lipinski definition) is 5. The van der Waals surface area contributed by atoms with Gasteiger partial charge in [-0.2, -0.15) is 4.57 Å². The second kappa shape index (κ2) is 15.7. The number of aromatic nitrogens is 2. The van der Waals surface area contributed by atoms with Crippen LogP contribution in [0.25, 0.3) is 87.1 Å². The first-order chi connectivity index (χ1) is 41.3. The molecule has 0 bridgehead atoms. The molecule has 1 unspecified atom stereocenters. The zero-order chi connectivity index (χ0) is 55.6. The van der Waals surface area contributed by atoms with E-state index in [1.807, 2.05) is 48.5 Å². The summed E-state index contributed by atoms with van der Waals surface area (Å²) in [5, 5.41) is 35.2. The summed E-state index contributed by atoms with van der Waals surface area (Å²) in [5.41, 5.74) is 13.2. The van der Waals surface area contributed by atoms with E-state index >= 15 is 0 Å². The van der Waals surface area contributed by atoms with E-state index in [9.17, 15) is 24.6 Å². The molecular formula is C73H39N5O6+2. The first-order valence-corrected chi connectivity index (χ1v) is 27.8. The van der Waals surface area contributed by atoms with Crippen LogP contribution in [0.5, 0.6) is 5.75 Å². The molecule has 11 nitrogen and oxygen atoms in total. The number of aliphatic imine (C=N–C) groups is 1. The summed E-state index contributed by atoms with van der Waals surface area (Å²) >= 11 is 0. The maximum absolute atomic E-state index is 12.8. The van der Waals surface area contributed by atoms with Crippen LogP contribution in [0, 0.1) is 0 Å². The Morgan fingerprint density at radius 3 is 1.33 bits per heavy atom. The molecule has 8 heterocycles. The van der Waals surface area contributed by atoms with Gasteiger partial charge in [0.1, 0.15) is 5.75 Å². The summed E-state index contributed by atoms with van der Waals surface area (Å²) < 4.78 is 15.6. The minimum Gasteiger partial charge on any atom is -0.478 e. The van der Waals surface area contributed by atoms with Crippen molar-refractivity contribution in [2.45, 2.75) is 5.91 Å². The van der Waals surface area contributed by atoms with Gasteiger partial charge in [-0.3, -0.25) is 4.79 Å². The van der Waals surface area contributed by atoms with Crippen LogP contribution in [0.2, 0.25) is 0 Å². The molecule has 6 aliphatic rings. The quantitative estimate of drug-likeness (QED) is 0.121. The van der Waals surface area contributed by atoms with E-state index in [-0.39, 0.29) is 11.1 Å². The molecule has 11 heteroatoms. The Morgan fingerprint density at radius 2 is 0.845 bits per heavy atom. The molecule has 0 amide bonds. The normalized spacial score (nSPS) is 16.5. The van der Waals surface area contributed by atoms with Crippen molar-refractivity contribution < 1.29 is 38.5 Å². The third kappa shape index (κ3) is 5.46. The molecule has 2 N–H and O–H groups in total. The maximum Gasteiger partial charge on any atom is 0.499 e. The van der Waals surface area contributed by atoms with E-state index in [1.54, 1.807) is 24.3 Å². The fraction of sp³-hybridized carbons (Fsp3) is 0.0137. The van der Waals surface area contributed by atoms with Crippen molar-refractivity contribution in [1.82, 2.24) is 9.13 Å². The largest absolute Gasteiger partial charge is 0.499 e. The van der Waals surface area contributed by atoms with Crippen LogP contribution in [-0.4, -0.2) is 64.2 Å². The minimum atomic E-state index is -1.40. The fourth-order valence-electron chi connectivity index (χ4n) is 15.0. The molecule has 6 aliphatic heterocycles. The Morgan fingerprint density at radius 1 is 0.440 bits per heavy atom. The number of carboxylic acids is 2. The highest BCUT2D eigenvalue weighted by molar-refractivity contribution is 6.39. The summed E-state index contributed by atoms with van der Waals surface area (Å²) in [7, 11) is 0. The van der Waals surface area contributed by atoms with Gasteiger partial charge in [0.05, 0.1) is 66.3 Å². The Labute approximate surface area is 475 Å². The fourth-order valence-corrected chi connectivity index (χ4v) is 15.0. The number of amidine groups is 1. The lowest BCUT2D eigenvalue weighted by Gasteiger charge is -2.41. The van der Waals surface area contributed by atoms with Crippen molar-refractivity contribution in [3.63, 3.8) is 0 Å². The van der Waals surface area contributed by atoms with Gasteiger partial charge in [0.2, 0.25) is 11.4 Å². The zero-order valence-corrected chi connectivity index (χ0v) is 44.1. The Kier molecular flexibility index (Phi) is 8.43. The van der Waals surface area contributed by atoms with Crippen molar-refractivity contribution in [2.75, 3.05) is 0 Å². The summed E-state index contributed by atoms with van der Waals surface area (Å²) in [6.07, 6.45) is 0. The third-order valence-electron chi connectivity index (χ3n) is 18.3. The smallest absolute Gasteiger partial charge is 0.478 e. The number of benzene rings is 11. The second-order valence-electron chi connectivity index (χ2n) is 22.4. The summed E-state index contributed by atoms with van der Waals surface area (Å²) in [6.45, 7) is 0.450. The van der Waals surface area contributed by atoms with E-state index in [0.29, 0.717) is 12.2 Å². The van der Waals surface area contributed by atoms with Gasteiger partial charge in [-0.15, -0.1) is 9.15 Å². The molecule has 0 fully saturated rings. The van der Waals surface area contributed by atoms with Gasteiger partial charge in [0, 0.05) is 21.7 Å². The molecule has 84 heavy (non-hydrogen) atoms. The monoisotopic (exact) mass is 1080 g/mol. The standard InChI is InChI=1S/C73H37N5O6/c79-37-84-51-27-25-40(26-28-51)62-66-55-32-46-12-4-2-10-44(46)30-53(55)64-60(38-17-21-41(22-18-38)71(80)81)63-52-29-43-9-1-3-11-45(43)31-54(52)65-61(39-19-23-42(24-20-39)72(82)83)67-56-33-47-13-5-7-15-49(47)35-58(56)69-74-70-59-36-50-16-8-6-14-48(50)34-57(59)68(62)78(70)73(75(63)65,76(64)66)77(67)69/h1-37H/p+2. The number of ether oxygens (including phenoxy) is 1.